The molecule has 3 N–H and O–H groups in total. The highest BCUT2D eigenvalue weighted by Gasteiger charge is 2.26. The van der Waals surface area contributed by atoms with Crippen LogP contribution in [0.25, 0.3) is 0 Å². The summed E-state index contributed by atoms with van der Waals surface area (Å²) in [5, 5.41) is 3.48. The van der Waals surface area contributed by atoms with Gasteiger partial charge in [-0.25, -0.2) is 0 Å². The van der Waals surface area contributed by atoms with Crippen molar-refractivity contribution in [2.24, 2.45) is 5.92 Å². The number of benzene rings is 1. The standard InChI is InChI=1S/C16H26N2O2/c1-4-15-12(7-8-19-15)10-18-13-5-6-14(17)16(9-13)20-11(2)3/h5-6,9,11-12,15,18H,4,7-8,10,17H2,1-3H3. The molecule has 4 heteroatoms. The highest BCUT2D eigenvalue weighted by Crippen LogP contribution is 2.28. The van der Waals surface area contributed by atoms with Crippen LogP contribution in [0.2, 0.25) is 0 Å². The van der Waals surface area contributed by atoms with Gasteiger partial charge in [-0.15, -0.1) is 0 Å². The number of hydrogen-bond acceptors (Lipinski definition) is 4. The molecule has 20 heavy (non-hydrogen) atoms. The lowest BCUT2D eigenvalue weighted by Crippen LogP contribution is -2.22. The van der Waals surface area contributed by atoms with E-state index in [0.717, 1.165) is 37.4 Å². The molecule has 1 saturated heterocycles. The van der Waals surface area contributed by atoms with Crippen molar-refractivity contribution in [1.82, 2.24) is 0 Å². The van der Waals surface area contributed by atoms with Crippen LogP contribution < -0.4 is 15.8 Å². The van der Waals surface area contributed by atoms with Gasteiger partial charge in [0, 0.05) is 30.8 Å². The van der Waals surface area contributed by atoms with E-state index in [2.05, 4.69) is 12.2 Å². The van der Waals surface area contributed by atoms with E-state index < -0.39 is 0 Å². The Bertz CT molecular complexity index is 434. The monoisotopic (exact) mass is 278 g/mol. The number of rotatable bonds is 6. The van der Waals surface area contributed by atoms with Crippen LogP contribution in [0.3, 0.4) is 0 Å². The first kappa shape index (κ1) is 15.0. The first-order valence-electron chi connectivity index (χ1n) is 7.51. The highest BCUT2D eigenvalue weighted by atomic mass is 16.5. The van der Waals surface area contributed by atoms with Crippen molar-refractivity contribution in [2.75, 3.05) is 24.2 Å². The van der Waals surface area contributed by atoms with Gasteiger partial charge in [0.2, 0.25) is 0 Å². The Labute approximate surface area is 121 Å². The van der Waals surface area contributed by atoms with E-state index in [-0.39, 0.29) is 6.10 Å². The van der Waals surface area contributed by atoms with Gasteiger partial charge in [0.1, 0.15) is 5.75 Å². The fourth-order valence-electron chi connectivity index (χ4n) is 2.63. The van der Waals surface area contributed by atoms with Crippen LogP contribution >= 0.6 is 0 Å². The SMILES string of the molecule is CCC1OCCC1CNc1ccc(N)c(OC(C)C)c1. The van der Waals surface area contributed by atoms with E-state index in [1.165, 1.54) is 0 Å². The maximum Gasteiger partial charge on any atom is 0.144 e. The van der Waals surface area contributed by atoms with E-state index in [9.17, 15) is 0 Å². The number of nitrogens with two attached hydrogens (primary N) is 1. The molecule has 0 amide bonds. The summed E-state index contributed by atoms with van der Waals surface area (Å²) in [5.74, 6) is 1.34. The third kappa shape index (κ3) is 3.79. The van der Waals surface area contributed by atoms with Crippen LogP contribution in [0.15, 0.2) is 18.2 Å². The summed E-state index contributed by atoms with van der Waals surface area (Å²) < 4.78 is 11.4. The second-order valence-electron chi connectivity index (χ2n) is 5.67. The normalized spacial score (nSPS) is 22.2. The molecule has 2 rings (SSSR count). The van der Waals surface area contributed by atoms with Gasteiger partial charge in [-0.3, -0.25) is 0 Å². The molecule has 112 valence electrons. The lowest BCUT2D eigenvalue weighted by Gasteiger charge is -2.19. The molecule has 0 bridgehead atoms. The molecule has 1 aliphatic heterocycles. The molecule has 1 heterocycles. The molecule has 2 atom stereocenters. The molecule has 1 aliphatic rings. The molecule has 0 aliphatic carbocycles. The first-order chi connectivity index (χ1) is 9.60. The van der Waals surface area contributed by atoms with Gasteiger partial charge in [0.25, 0.3) is 0 Å². The molecular formula is C16H26N2O2. The number of nitrogens with one attached hydrogen (secondary N) is 1. The van der Waals surface area contributed by atoms with E-state index in [0.29, 0.717) is 17.7 Å². The lowest BCUT2D eigenvalue weighted by atomic mass is 9.99. The van der Waals surface area contributed by atoms with E-state index in [1.54, 1.807) is 0 Å². The van der Waals surface area contributed by atoms with Gasteiger partial charge in [-0.05, 0) is 38.8 Å². The average Bonchev–Trinajstić information content (AvgIpc) is 2.86. The van der Waals surface area contributed by atoms with Crippen molar-refractivity contribution < 1.29 is 9.47 Å². The van der Waals surface area contributed by atoms with Crippen molar-refractivity contribution in [3.05, 3.63) is 18.2 Å². The molecule has 0 saturated carbocycles. The van der Waals surface area contributed by atoms with Crippen LogP contribution in [0.1, 0.15) is 33.6 Å². The molecule has 4 nitrogen and oxygen atoms in total. The molecule has 2 unspecified atom stereocenters. The number of hydrogen-bond donors (Lipinski definition) is 2. The second kappa shape index (κ2) is 6.84. The lowest BCUT2D eigenvalue weighted by molar-refractivity contribution is 0.0900. The number of ether oxygens (including phenoxy) is 2. The molecule has 1 fully saturated rings. The Hall–Kier alpha value is -1.42. The van der Waals surface area contributed by atoms with Gasteiger partial charge >= 0.3 is 0 Å². The molecule has 0 radical (unpaired) electrons. The smallest absolute Gasteiger partial charge is 0.144 e. The van der Waals surface area contributed by atoms with Crippen molar-refractivity contribution in [1.29, 1.82) is 0 Å². The summed E-state index contributed by atoms with van der Waals surface area (Å²) in [5.41, 5.74) is 7.66. The highest BCUT2D eigenvalue weighted by molar-refractivity contribution is 5.61. The minimum atomic E-state index is 0.125. The third-order valence-corrected chi connectivity index (χ3v) is 3.69. The summed E-state index contributed by atoms with van der Waals surface area (Å²) in [6, 6.07) is 5.87. The van der Waals surface area contributed by atoms with Gasteiger partial charge in [0.15, 0.2) is 0 Å². The summed E-state index contributed by atoms with van der Waals surface area (Å²) in [4.78, 5) is 0. The second-order valence-corrected chi connectivity index (χ2v) is 5.67. The summed E-state index contributed by atoms with van der Waals surface area (Å²) in [6.45, 7) is 8.00. The zero-order valence-electron chi connectivity index (χ0n) is 12.7. The van der Waals surface area contributed by atoms with Crippen molar-refractivity contribution in [2.45, 2.75) is 45.8 Å². The van der Waals surface area contributed by atoms with Crippen molar-refractivity contribution in [3.8, 4) is 5.75 Å². The molecule has 0 aromatic heterocycles. The predicted molar refractivity (Wildman–Crippen MR) is 83.2 cm³/mol. The van der Waals surface area contributed by atoms with E-state index in [1.807, 2.05) is 32.0 Å². The van der Waals surface area contributed by atoms with Crippen LogP contribution in [0.5, 0.6) is 5.75 Å². The zero-order valence-corrected chi connectivity index (χ0v) is 12.7. The summed E-state index contributed by atoms with van der Waals surface area (Å²) in [6.07, 6.45) is 2.73. The van der Waals surface area contributed by atoms with E-state index in [4.69, 9.17) is 15.2 Å². The van der Waals surface area contributed by atoms with Gasteiger partial charge in [-0.2, -0.15) is 0 Å². The Balaban J connectivity index is 1.95. The Morgan fingerprint density at radius 2 is 2.25 bits per heavy atom. The number of anilines is 2. The zero-order chi connectivity index (χ0) is 14.5. The van der Waals surface area contributed by atoms with Gasteiger partial charge in [0.05, 0.1) is 17.9 Å². The molecule has 0 spiro atoms. The molecular weight excluding hydrogens is 252 g/mol. The minimum absolute atomic E-state index is 0.125. The van der Waals surface area contributed by atoms with Crippen LogP contribution in [0.4, 0.5) is 11.4 Å². The summed E-state index contributed by atoms with van der Waals surface area (Å²) in [7, 11) is 0. The average molecular weight is 278 g/mol. The maximum absolute atomic E-state index is 5.93. The largest absolute Gasteiger partial charge is 0.489 e. The van der Waals surface area contributed by atoms with Gasteiger partial charge in [-0.1, -0.05) is 6.92 Å². The fraction of sp³-hybridized carbons (Fsp3) is 0.625. The van der Waals surface area contributed by atoms with Crippen molar-refractivity contribution >= 4 is 11.4 Å². The minimum Gasteiger partial charge on any atom is -0.489 e. The Morgan fingerprint density at radius 3 is 2.95 bits per heavy atom. The number of nitrogen functional groups attached to an aromatic ring is 1. The Morgan fingerprint density at radius 1 is 1.45 bits per heavy atom. The first-order valence-corrected chi connectivity index (χ1v) is 7.51. The quantitative estimate of drug-likeness (QED) is 0.784. The third-order valence-electron chi connectivity index (χ3n) is 3.69. The molecule has 1 aromatic rings. The van der Waals surface area contributed by atoms with Crippen LogP contribution in [0, 0.1) is 5.92 Å². The Kier molecular flexibility index (Phi) is 5.12. The van der Waals surface area contributed by atoms with Crippen LogP contribution in [-0.2, 0) is 4.74 Å². The predicted octanol–water partition coefficient (Wildman–Crippen LogP) is 3.28. The fourth-order valence-corrected chi connectivity index (χ4v) is 2.63. The van der Waals surface area contributed by atoms with Gasteiger partial charge < -0.3 is 20.5 Å². The summed E-state index contributed by atoms with van der Waals surface area (Å²) >= 11 is 0. The topological polar surface area (TPSA) is 56.5 Å². The van der Waals surface area contributed by atoms with Crippen molar-refractivity contribution in [3.63, 3.8) is 0 Å². The van der Waals surface area contributed by atoms with E-state index >= 15 is 0 Å². The maximum atomic E-state index is 5.93. The molecule has 1 aromatic carbocycles. The van der Waals surface area contributed by atoms with Crippen LogP contribution in [-0.4, -0.2) is 25.4 Å².